The van der Waals surface area contributed by atoms with Crippen molar-refractivity contribution in [3.05, 3.63) is 12.0 Å². The van der Waals surface area contributed by atoms with Gasteiger partial charge in [-0.25, -0.2) is 0 Å². The second-order valence-corrected chi connectivity index (χ2v) is 2.87. The third-order valence-corrected chi connectivity index (χ3v) is 2.09. The predicted molar refractivity (Wildman–Crippen MR) is 39.5 cm³/mol. The lowest BCUT2D eigenvalue weighted by molar-refractivity contribution is 0.0566. The van der Waals surface area contributed by atoms with Gasteiger partial charge in [0.1, 0.15) is 0 Å². The van der Waals surface area contributed by atoms with Crippen LogP contribution in [-0.2, 0) is 4.74 Å². The van der Waals surface area contributed by atoms with Crippen molar-refractivity contribution in [2.75, 3.05) is 19.7 Å². The van der Waals surface area contributed by atoms with Crippen molar-refractivity contribution < 1.29 is 4.74 Å². The molecule has 2 rings (SSSR count). The molecule has 1 fully saturated rings. The summed E-state index contributed by atoms with van der Waals surface area (Å²) in [5.74, 6) is 1.14. The van der Waals surface area contributed by atoms with Crippen LogP contribution in [0.1, 0.15) is 19.3 Å². The number of allylic oxidation sites excluding steroid dienone is 1. The molecule has 2 nitrogen and oxygen atoms in total. The van der Waals surface area contributed by atoms with Crippen molar-refractivity contribution in [1.29, 1.82) is 0 Å². The maximum Gasteiger partial charge on any atom is 0.185 e. The van der Waals surface area contributed by atoms with Crippen LogP contribution in [0.3, 0.4) is 0 Å². The van der Waals surface area contributed by atoms with Gasteiger partial charge in [-0.15, -0.1) is 0 Å². The molecule has 0 aromatic rings. The summed E-state index contributed by atoms with van der Waals surface area (Å²) >= 11 is 0. The van der Waals surface area contributed by atoms with Crippen LogP contribution in [0.5, 0.6) is 0 Å². The van der Waals surface area contributed by atoms with E-state index in [9.17, 15) is 0 Å². The SMILES string of the molecule is C1=C2OCCCN2CCC1. The Morgan fingerprint density at radius 3 is 3.10 bits per heavy atom. The zero-order valence-corrected chi connectivity index (χ0v) is 6.18. The summed E-state index contributed by atoms with van der Waals surface area (Å²) in [6.07, 6.45) is 5.90. The average molecular weight is 139 g/mol. The van der Waals surface area contributed by atoms with E-state index in [0.29, 0.717) is 0 Å². The standard InChI is InChI=1S/C8H13NO/c1-2-5-9-6-3-7-10-8(9)4-1/h4H,1-3,5-7H2. The molecule has 0 unspecified atom stereocenters. The third-order valence-electron chi connectivity index (χ3n) is 2.09. The molecular formula is C8H13NO. The van der Waals surface area contributed by atoms with Crippen molar-refractivity contribution >= 4 is 0 Å². The number of rotatable bonds is 0. The van der Waals surface area contributed by atoms with Crippen molar-refractivity contribution in [2.24, 2.45) is 0 Å². The van der Waals surface area contributed by atoms with Crippen LogP contribution in [0.15, 0.2) is 12.0 Å². The second-order valence-electron chi connectivity index (χ2n) is 2.87. The van der Waals surface area contributed by atoms with Gasteiger partial charge >= 0.3 is 0 Å². The molecule has 0 aromatic heterocycles. The van der Waals surface area contributed by atoms with E-state index in [1.807, 2.05) is 0 Å². The summed E-state index contributed by atoms with van der Waals surface area (Å²) in [5, 5.41) is 0. The van der Waals surface area contributed by atoms with Crippen molar-refractivity contribution in [2.45, 2.75) is 19.3 Å². The highest BCUT2D eigenvalue weighted by Gasteiger charge is 2.17. The van der Waals surface area contributed by atoms with Crippen LogP contribution < -0.4 is 0 Å². The Morgan fingerprint density at radius 1 is 1.30 bits per heavy atom. The van der Waals surface area contributed by atoms with Gasteiger partial charge in [-0.2, -0.15) is 0 Å². The summed E-state index contributed by atoms with van der Waals surface area (Å²) in [7, 11) is 0. The quantitative estimate of drug-likeness (QED) is 0.502. The molecule has 0 saturated carbocycles. The maximum atomic E-state index is 5.47. The molecule has 2 heterocycles. The van der Waals surface area contributed by atoms with Crippen molar-refractivity contribution in [1.82, 2.24) is 4.90 Å². The van der Waals surface area contributed by atoms with Gasteiger partial charge in [0.15, 0.2) is 5.88 Å². The molecule has 1 saturated heterocycles. The van der Waals surface area contributed by atoms with Gasteiger partial charge in [-0.1, -0.05) is 0 Å². The molecule has 0 N–H and O–H groups in total. The minimum atomic E-state index is 0.919. The third kappa shape index (κ3) is 0.981. The number of nitrogens with zero attached hydrogens (tertiary/aromatic N) is 1. The largest absolute Gasteiger partial charge is 0.479 e. The molecule has 10 heavy (non-hydrogen) atoms. The van der Waals surface area contributed by atoms with E-state index >= 15 is 0 Å². The van der Waals surface area contributed by atoms with E-state index in [1.165, 1.54) is 32.4 Å². The van der Waals surface area contributed by atoms with E-state index in [-0.39, 0.29) is 0 Å². The molecule has 0 bridgehead atoms. The normalized spacial score (nSPS) is 24.8. The molecule has 2 aliphatic rings. The van der Waals surface area contributed by atoms with E-state index in [0.717, 1.165) is 12.5 Å². The predicted octanol–water partition coefficient (Wildman–Crippen LogP) is 1.34. The van der Waals surface area contributed by atoms with E-state index in [1.54, 1.807) is 0 Å². The number of ether oxygens (including phenoxy) is 1. The van der Waals surface area contributed by atoms with Gasteiger partial charge in [0, 0.05) is 13.1 Å². The lowest BCUT2D eigenvalue weighted by Gasteiger charge is -2.33. The molecule has 0 radical (unpaired) electrons. The monoisotopic (exact) mass is 139 g/mol. The number of fused-ring (bicyclic) bond motifs is 1. The molecule has 0 spiro atoms. The Labute approximate surface area is 61.5 Å². The van der Waals surface area contributed by atoms with Crippen molar-refractivity contribution in [3.63, 3.8) is 0 Å². The highest BCUT2D eigenvalue weighted by Crippen LogP contribution is 2.19. The first-order chi connectivity index (χ1) is 4.97. The van der Waals surface area contributed by atoms with Gasteiger partial charge < -0.3 is 9.64 Å². The first-order valence-electron chi connectivity index (χ1n) is 4.05. The van der Waals surface area contributed by atoms with Crippen LogP contribution in [0.2, 0.25) is 0 Å². The summed E-state index contributed by atoms with van der Waals surface area (Å²) in [4.78, 5) is 2.34. The van der Waals surface area contributed by atoms with E-state index in [4.69, 9.17) is 4.74 Å². The summed E-state index contributed by atoms with van der Waals surface area (Å²) in [6, 6.07) is 0. The zero-order valence-electron chi connectivity index (χ0n) is 6.18. The molecular weight excluding hydrogens is 126 g/mol. The summed E-state index contributed by atoms with van der Waals surface area (Å²) < 4.78 is 5.47. The Morgan fingerprint density at radius 2 is 2.20 bits per heavy atom. The fourth-order valence-electron chi connectivity index (χ4n) is 1.55. The number of hydrogen-bond donors (Lipinski definition) is 0. The van der Waals surface area contributed by atoms with E-state index < -0.39 is 0 Å². The van der Waals surface area contributed by atoms with Gasteiger partial charge in [0.25, 0.3) is 0 Å². The summed E-state index contributed by atoms with van der Waals surface area (Å²) in [6.45, 7) is 3.32. The molecule has 0 amide bonds. The molecule has 56 valence electrons. The Kier molecular flexibility index (Phi) is 1.53. The van der Waals surface area contributed by atoms with Gasteiger partial charge in [0.05, 0.1) is 6.61 Å². The Hall–Kier alpha value is -0.660. The van der Waals surface area contributed by atoms with Crippen LogP contribution in [0.25, 0.3) is 0 Å². The second kappa shape index (κ2) is 2.52. The number of hydrogen-bond acceptors (Lipinski definition) is 2. The minimum absolute atomic E-state index is 0.919. The lowest BCUT2D eigenvalue weighted by Crippen LogP contribution is -2.33. The first-order valence-corrected chi connectivity index (χ1v) is 4.05. The lowest BCUT2D eigenvalue weighted by atomic mass is 10.2. The first kappa shape index (κ1) is 6.08. The fourth-order valence-corrected chi connectivity index (χ4v) is 1.55. The maximum absolute atomic E-state index is 5.47. The van der Waals surface area contributed by atoms with Crippen LogP contribution in [-0.4, -0.2) is 24.6 Å². The van der Waals surface area contributed by atoms with Gasteiger partial charge in [0.2, 0.25) is 0 Å². The highest BCUT2D eigenvalue weighted by atomic mass is 16.5. The highest BCUT2D eigenvalue weighted by molar-refractivity contribution is 4.98. The molecule has 2 heteroatoms. The minimum Gasteiger partial charge on any atom is -0.479 e. The summed E-state index contributed by atoms with van der Waals surface area (Å²) in [5.41, 5.74) is 0. The smallest absolute Gasteiger partial charge is 0.185 e. The van der Waals surface area contributed by atoms with Crippen LogP contribution >= 0.6 is 0 Å². The topological polar surface area (TPSA) is 12.5 Å². The average Bonchev–Trinajstić information content (AvgIpc) is 2.05. The van der Waals surface area contributed by atoms with Crippen LogP contribution in [0.4, 0.5) is 0 Å². The molecule has 0 atom stereocenters. The molecule has 2 aliphatic heterocycles. The molecule has 0 aliphatic carbocycles. The Bertz CT molecular complexity index is 153. The van der Waals surface area contributed by atoms with Crippen molar-refractivity contribution in [3.8, 4) is 0 Å². The zero-order chi connectivity index (χ0) is 6.81. The van der Waals surface area contributed by atoms with Crippen LogP contribution in [0, 0.1) is 0 Å². The van der Waals surface area contributed by atoms with E-state index in [2.05, 4.69) is 11.0 Å². The Balaban J connectivity index is 2.08. The molecule has 0 aromatic carbocycles. The van der Waals surface area contributed by atoms with Gasteiger partial charge in [-0.05, 0) is 25.3 Å². The van der Waals surface area contributed by atoms with Gasteiger partial charge in [-0.3, -0.25) is 0 Å². The fraction of sp³-hybridized carbons (Fsp3) is 0.750.